The van der Waals surface area contributed by atoms with Crippen molar-refractivity contribution in [3.8, 4) is 0 Å². The monoisotopic (exact) mass is 484 g/mol. The van der Waals surface area contributed by atoms with Gasteiger partial charge in [0.15, 0.2) is 11.6 Å². The summed E-state index contributed by atoms with van der Waals surface area (Å²) in [5.41, 5.74) is -0.550. The molecule has 2 aliphatic rings. The zero-order chi connectivity index (χ0) is 24.8. The van der Waals surface area contributed by atoms with E-state index in [4.69, 9.17) is 0 Å². The Morgan fingerprint density at radius 1 is 1.15 bits per heavy atom. The highest BCUT2D eigenvalue weighted by Crippen LogP contribution is 2.36. The first-order valence-corrected chi connectivity index (χ1v) is 11.0. The van der Waals surface area contributed by atoms with Gasteiger partial charge in [0, 0.05) is 49.7 Å². The number of likely N-dealkylation sites (N-methyl/N-ethyl adjacent to an activating group) is 1. The van der Waals surface area contributed by atoms with Crippen LogP contribution in [0.5, 0.6) is 0 Å². The number of amides is 1. The van der Waals surface area contributed by atoms with Gasteiger partial charge in [-0.25, -0.2) is 13.8 Å². The third-order valence-electron chi connectivity index (χ3n) is 6.33. The molecule has 6 nitrogen and oxygen atoms in total. The Morgan fingerprint density at radius 2 is 1.85 bits per heavy atom. The van der Waals surface area contributed by atoms with E-state index in [0.29, 0.717) is 19.5 Å². The molecule has 0 bridgehead atoms. The van der Waals surface area contributed by atoms with Gasteiger partial charge in [0.05, 0.1) is 11.7 Å². The molecule has 0 radical (unpaired) electrons. The molecule has 0 saturated carbocycles. The summed E-state index contributed by atoms with van der Waals surface area (Å²) in [6, 6.07) is 3.95. The molecule has 4 rings (SSSR count). The van der Waals surface area contributed by atoms with Crippen molar-refractivity contribution in [1.82, 2.24) is 9.88 Å². The van der Waals surface area contributed by atoms with Gasteiger partial charge in [0.2, 0.25) is 5.91 Å². The van der Waals surface area contributed by atoms with Crippen LogP contribution in [0.2, 0.25) is 0 Å². The van der Waals surface area contributed by atoms with Gasteiger partial charge in [-0.2, -0.15) is 13.2 Å². The molecule has 2 aromatic rings. The van der Waals surface area contributed by atoms with Crippen molar-refractivity contribution in [3.05, 3.63) is 53.2 Å². The van der Waals surface area contributed by atoms with Crippen LogP contribution in [-0.4, -0.2) is 65.3 Å². The van der Waals surface area contributed by atoms with Gasteiger partial charge in [-0.1, -0.05) is 0 Å². The maximum atomic E-state index is 13.8. The zero-order valence-corrected chi connectivity index (χ0v) is 18.7. The average molecular weight is 484 g/mol. The molecule has 1 aromatic carbocycles. The summed E-state index contributed by atoms with van der Waals surface area (Å²) >= 11 is 0. The van der Waals surface area contributed by atoms with Gasteiger partial charge in [-0.05, 0) is 44.5 Å². The molecule has 2 atom stereocenters. The van der Waals surface area contributed by atoms with Gasteiger partial charge in [-0.15, -0.1) is 0 Å². The fourth-order valence-corrected chi connectivity index (χ4v) is 4.61. The first-order valence-electron chi connectivity index (χ1n) is 11.0. The van der Waals surface area contributed by atoms with Crippen LogP contribution in [0, 0.1) is 18.6 Å². The number of carbonyl (C=O) groups is 1. The van der Waals surface area contributed by atoms with Gasteiger partial charge in [0.1, 0.15) is 11.9 Å². The number of carbonyl (C=O) groups excluding carboxylic acids is 1. The molecule has 1 N–H and O–H groups in total. The Balaban J connectivity index is 1.69. The van der Waals surface area contributed by atoms with Crippen molar-refractivity contribution < 1.29 is 31.9 Å². The van der Waals surface area contributed by atoms with E-state index < -0.39 is 41.4 Å². The average Bonchev–Trinajstić information content (AvgIpc) is 3.18. The van der Waals surface area contributed by atoms with Crippen molar-refractivity contribution in [2.24, 2.45) is 0 Å². The van der Waals surface area contributed by atoms with E-state index in [1.165, 1.54) is 17.9 Å². The minimum atomic E-state index is -4.58. The molecule has 3 heterocycles. The summed E-state index contributed by atoms with van der Waals surface area (Å²) in [4.78, 5) is 22.7. The first kappa shape index (κ1) is 24.3. The second kappa shape index (κ2) is 9.10. The van der Waals surface area contributed by atoms with E-state index in [1.807, 2.05) is 4.90 Å². The number of nitrogens with zero attached hydrogens (tertiary/aromatic N) is 4. The lowest BCUT2D eigenvalue weighted by molar-refractivity contribution is -0.137. The van der Waals surface area contributed by atoms with Crippen LogP contribution in [0.4, 0.5) is 33.5 Å². The van der Waals surface area contributed by atoms with Crippen molar-refractivity contribution in [2.75, 3.05) is 36.0 Å². The Kier molecular flexibility index (Phi) is 6.52. The number of anilines is 2. The maximum Gasteiger partial charge on any atom is 0.416 e. The number of benzene rings is 1. The summed E-state index contributed by atoms with van der Waals surface area (Å²) in [7, 11) is 0. The van der Waals surface area contributed by atoms with E-state index in [-0.39, 0.29) is 36.3 Å². The zero-order valence-electron chi connectivity index (χ0n) is 18.7. The van der Waals surface area contributed by atoms with Gasteiger partial charge >= 0.3 is 6.18 Å². The Morgan fingerprint density at radius 3 is 2.44 bits per heavy atom. The summed E-state index contributed by atoms with van der Waals surface area (Å²) in [6.07, 6.45) is -4.77. The SMILES string of the molecule is CCN(C(=O)[C@@H]1C[C@H](N2CC(O)C2)CN1c1cc(C(F)(F)F)cc(C)n1)c1ccc(F)c(F)c1. The Labute approximate surface area is 193 Å². The summed E-state index contributed by atoms with van der Waals surface area (Å²) in [5.74, 6) is -2.58. The summed E-state index contributed by atoms with van der Waals surface area (Å²) in [6.45, 7) is 4.34. The van der Waals surface area contributed by atoms with Crippen molar-refractivity contribution in [2.45, 2.75) is 44.6 Å². The lowest BCUT2D eigenvalue weighted by Crippen LogP contribution is -2.56. The molecule has 2 saturated heterocycles. The molecule has 0 aliphatic carbocycles. The maximum absolute atomic E-state index is 13.8. The van der Waals surface area contributed by atoms with Crippen molar-refractivity contribution in [3.63, 3.8) is 0 Å². The number of hydrogen-bond donors (Lipinski definition) is 1. The summed E-state index contributed by atoms with van der Waals surface area (Å²) in [5, 5.41) is 9.69. The Bertz CT molecular complexity index is 1070. The number of aromatic nitrogens is 1. The highest BCUT2D eigenvalue weighted by atomic mass is 19.4. The number of aryl methyl sites for hydroxylation is 1. The topological polar surface area (TPSA) is 59.9 Å². The van der Waals surface area contributed by atoms with Crippen molar-refractivity contribution in [1.29, 1.82) is 0 Å². The second-order valence-corrected chi connectivity index (χ2v) is 8.70. The normalized spacial score (nSPS) is 21.6. The fourth-order valence-electron chi connectivity index (χ4n) is 4.61. The minimum Gasteiger partial charge on any atom is -0.390 e. The largest absolute Gasteiger partial charge is 0.416 e. The Hall–Kier alpha value is -2.79. The van der Waals surface area contributed by atoms with Crippen LogP contribution in [0.25, 0.3) is 0 Å². The standard InChI is InChI=1S/C23H25F5N4O2/c1-3-31(15-4-5-18(24)19(25)8-15)22(34)20-9-16(30-11-17(33)12-30)10-32(20)21-7-14(23(26,27)28)6-13(2)29-21/h4-8,16-17,20,33H,3,9-12H2,1-2H3/t16-,20-/m0/s1. The molecule has 2 aliphatic heterocycles. The van der Waals surface area contributed by atoms with E-state index in [0.717, 1.165) is 24.3 Å². The van der Waals surface area contributed by atoms with Crippen molar-refractivity contribution >= 4 is 17.4 Å². The van der Waals surface area contributed by atoms with Crippen LogP contribution in [0.1, 0.15) is 24.6 Å². The fraction of sp³-hybridized carbons (Fsp3) is 0.478. The van der Waals surface area contributed by atoms with Crippen LogP contribution < -0.4 is 9.80 Å². The number of pyridine rings is 1. The highest BCUT2D eigenvalue weighted by Gasteiger charge is 2.45. The molecule has 2 fully saturated rings. The van der Waals surface area contributed by atoms with E-state index in [9.17, 15) is 31.9 Å². The molecule has 184 valence electrons. The predicted molar refractivity (Wildman–Crippen MR) is 115 cm³/mol. The van der Waals surface area contributed by atoms with Gasteiger partial charge in [-0.3, -0.25) is 9.69 Å². The molecular formula is C23H25F5N4O2. The number of rotatable bonds is 5. The molecule has 1 aromatic heterocycles. The smallest absolute Gasteiger partial charge is 0.390 e. The van der Waals surface area contributed by atoms with Crippen LogP contribution in [0.3, 0.4) is 0 Å². The number of alkyl halides is 3. The number of aliphatic hydroxyl groups is 1. The number of halogens is 5. The van der Waals surface area contributed by atoms with E-state index in [2.05, 4.69) is 4.98 Å². The van der Waals surface area contributed by atoms with Gasteiger partial charge < -0.3 is 14.9 Å². The lowest BCUT2D eigenvalue weighted by atomic mass is 10.0. The van der Waals surface area contributed by atoms with Crippen LogP contribution in [0.15, 0.2) is 30.3 Å². The minimum absolute atomic E-state index is 0.0237. The lowest BCUT2D eigenvalue weighted by Gasteiger charge is -2.40. The predicted octanol–water partition coefficient (Wildman–Crippen LogP) is 3.36. The molecule has 1 amide bonds. The second-order valence-electron chi connectivity index (χ2n) is 8.70. The third kappa shape index (κ3) is 4.72. The molecule has 0 spiro atoms. The van der Waals surface area contributed by atoms with E-state index >= 15 is 0 Å². The molecule has 0 unspecified atom stereocenters. The van der Waals surface area contributed by atoms with Gasteiger partial charge in [0.25, 0.3) is 0 Å². The van der Waals surface area contributed by atoms with E-state index in [1.54, 1.807) is 11.8 Å². The molecule has 11 heteroatoms. The number of aliphatic hydroxyl groups excluding tert-OH is 1. The quantitative estimate of drug-likeness (QED) is 0.660. The highest BCUT2D eigenvalue weighted by molar-refractivity contribution is 5.99. The number of β-amino-alcohol motifs (C(OH)–C–C–N with tert-alkyl or cyclic N) is 1. The summed E-state index contributed by atoms with van der Waals surface area (Å²) < 4.78 is 67.6. The molecule has 34 heavy (non-hydrogen) atoms. The third-order valence-corrected chi connectivity index (χ3v) is 6.33. The molecular weight excluding hydrogens is 459 g/mol. The first-order chi connectivity index (χ1) is 16.0. The number of hydrogen-bond acceptors (Lipinski definition) is 5. The van der Waals surface area contributed by atoms with Crippen LogP contribution >= 0.6 is 0 Å². The number of likely N-dealkylation sites (tertiary alicyclic amines) is 1. The van der Waals surface area contributed by atoms with Crippen LogP contribution in [-0.2, 0) is 11.0 Å².